The molecule has 2 fully saturated rings. The molecule has 1 atom stereocenters. The highest BCUT2D eigenvalue weighted by atomic mass is 32.2. The Kier molecular flexibility index (Phi) is 6.45. The molecule has 0 aliphatic carbocycles. The topological polar surface area (TPSA) is 83.0 Å². The van der Waals surface area contributed by atoms with Crippen molar-refractivity contribution in [3.8, 4) is 5.75 Å². The van der Waals surface area contributed by atoms with Crippen molar-refractivity contribution in [1.82, 2.24) is 14.2 Å². The second kappa shape index (κ2) is 9.40. The maximum Gasteiger partial charge on any atom is 0.243 e. The molecule has 3 heterocycles. The highest BCUT2D eigenvalue weighted by Crippen LogP contribution is 2.33. The van der Waals surface area contributed by atoms with Crippen LogP contribution in [0.2, 0.25) is 0 Å². The molecule has 8 nitrogen and oxygen atoms in total. The molecule has 1 aromatic heterocycles. The maximum absolute atomic E-state index is 13.4. The van der Waals surface area contributed by atoms with E-state index in [4.69, 9.17) is 9.72 Å². The van der Waals surface area contributed by atoms with Gasteiger partial charge in [-0.05, 0) is 68.1 Å². The lowest BCUT2D eigenvalue weighted by Gasteiger charge is -2.37. The number of carbonyl (C=O) groups excluding carboxylic acids is 1. The summed E-state index contributed by atoms with van der Waals surface area (Å²) in [7, 11) is -2.22. The number of ether oxygens (including phenoxy) is 1. The van der Waals surface area contributed by atoms with E-state index in [1.54, 1.807) is 23.5 Å². The summed E-state index contributed by atoms with van der Waals surface area (Å²) in [6, 6.07) is 9.96. The average molecular weight is 515 g/mol. The molecule has 0 N–H and O–H groups in total. The number of carbonyl (C=O) groups is 1. The predicted octanol–water partition coefficient (Wildman–Crippen LogP) is 3.42. The summed E-state index contributed by atoms with van der Waals surface area (Å²) < 4.78 is 34.3. The van der Waals surface area contributed by atoms with Gasteiger partial charge in [0, 0.05) is 32.7 Å². The third-order valence-corrected chi connectivity index (χ3v) is 10.0. The summed E-state index contributed by atoms with van der Waals surface area (Å²) in [6.07, 6.45) is 1.22. The van der Waals surface area contributed by atoms with Crippen LogP contribution in [0.4, 0.5) is 5.13 Å². The predicted molar refractivity (Wildman–Crippen MR) is 138 cm³/mol. The van der Waals surface area contributed by atoms with Gasteiger partial charge in [0.2, 0.25) is 15.9 Å². The Morgan fingerprint density at radius 1 is 1.06 bits per heavy atom. The van der Waals surface area contributed by atoms with Crippen molar-refractivity contribution in [1.29, 1.82) is 0 Å². The van der Waals surface area contributed by atoms with Crippen LogP contribution in [0.25, 0.3) is 10.2 Å². The van der Waals surface area contributed by atoms with E-state index in [2.05, 4.69) is 30.9 Å². The number of anilines is 1. The Balaban J connectivity index is 1.27. The molecule has 5 rings (SSSR count). The number of fused-ring (bicyclic) bond motifs is 1. The van der Waals surface area contributed by atoms with Crippen LogP contribution in [0.3, 0.4) is 0 Å². The smallest absolute Gasteiger partial charge is 0.243 e. The largest absolute Gasteiger partial charge is 0.497 e. The van der Waals surface area contributed by atoms with E-state index < -0.39 is 16.1 Å². The van der Waals surface area contributed by atoms with Crippen LogP contribution in [-0.2, 0) is 14.8 Å². The number of methoxy groups -OCH3 is 1. The quantitative estimate of drug-likeness (QED) is 0.519. The lowest BCUT2D eigenvalue weighted by molar-refractivity contribution is -0.134. The number of piperazine rings is 1. The molecule has 0 spiro atoms. The van der Waals surface area contributed by atoms with Crippen molar-refractivity contribution in [3.05, 3.63) is 47.5 Å². The van der Waals surface area contributed by atoms with Gasteiger partial charge in [0.05, 0.1) is 22.2 Å². The molecule has 0 radical (unpaired) electrons. The average Bonchev–Trinajstić information content (AvgIpc) is 3.52. The molecular weight excluding hydrogens is 484 g/mol. The Labute approximate surface area is 210 Å². The highest BCUT2D eigenvalue weighted by molar-refractivity contribution is 7.89. The Morgan fingerprint density at radius 2 is 1.77 bits per heavy atom. The molecule has 2 aromatic carbocycles. The zero-order valence-corrected chi connectivity index (χ0v) is 21.9. The first-order valence-electron chi connectivity index (χ1n) is 11.9. The standard InChI is InChI=1S/C25H30N4O4S2/c1-17-15-18(2)23-21(16-17)26-25(34-23)28-13-11-27(12-14-28)24(30)22-5-4-10-29(22)35(31,32)20-8-6-19(33-3)7-9-20/h6-9,15-16,22H,4-5,10-14H2,1-3H3. The lowest BCUT2D eigenvalue weighted by Crippen LogP contribution is -2.54. The van der Waals surface area contributed by atoms with E-state index >= 15 is 0 Å². The van der Waals surface area contributed by atoms with Gasteiger partial charge in [-0.3, -0.25) is 4.79 Å². The first kappa shape index (κ1) is 24.0. The number of benzene rings is 2. The van der Waals surface area contributed by atoms with Gasteiger partial charge in [0.25, 0.3) is 0 Å². The van der Waals surface area contributed by atoms with E-state index in [9.17, 15) is 13.2 Å². The molecule has 1 amide bonds. The molecule has 2 aliphatic heterocycles. The fourth-order valence-corrected chi connectivity index (χ4v) is 7.70. The van der Waals surface area contributed by atoms with E-state index in [1.807, 2.05) is 4.90 Å². The lowest BCUT2D eigenvalue weighted by atomic mass is 10.1. The SMILES string of the molecule is COc1ccc(S(=O)(=O)N2CCCC2C(=O)N2CCN(c3nc4cc(C)cc(C)c4s3)CC2)cc1. The normalized spacial score (nSPS) is 19.5. The zero-order chi connectivity index (χ0) is 24.7. The van der Waals surface area contributed by atoms with Gasteiger partial charge >= 0.3 is 0 Å². The number of aryl methyl sites for hydroxylation is 2. The fourth-order valence-electron chi connectivity index (χ4n) is 4.99. The molecule has 2 aliphatic rings. The van der Waals surface area contributed by atoms with Gasteiger partial charge in [-0.25, -0.2) is 13.4 Å². The number of nitrogens with zero attached hydrogens (tertiary/aromatic N) is 4. The van der Waals surface area contributed by atoms with Crippen molar-refractivity contribution in [2.45, 2.75) is 37.6 Å². The van der Waals surface area contributed by atoms with Crippen LogP contribution in [-0.4, -0.2) is 74.4 Å². The molecule has 1 unspecified atom stereocenters. The van der Waals surface area contributed by atoms with Gasteiger partial charge < -0.3 is 14.5 Å². The number of aromatic nitrogens is 1. The third kappa shape index (κ3) is 4.50. The van der Waals surface area contributed by atoms with Gasteiger partial charge in [-0.15, -0.1) is 0 Å². The van der Waals surface area contributed by atoms with E-state index in [-0.39, 0.29) is 10.8 Å². The minimum Gasteiger partial charge on any atom is -0.497 e. The summed E-state index contributed by atoms with van der Waals surface area (Å²) in [6.45, 7) is 7.02. The van der Waals surface area contributed by atoms with E-state index in [0.717, 1.165) is 10.6 Å². The molecule has 186 valence electrons. The van der Waals surface area contributed by atoms with E-state index in [1.165, 1.54) is 39.4 Å². The highest BCUT2D eigenvalue weighted by Gasteiger charge is 2.41. The van der Waals surface area contributed by atoms with Crippen molar-refractivity contribution in [3.63, 3.8) is 0 Å². The van der Waals surface area contributed by atoms with Gasteiger partial charge in [0.15, 0.2) is 5.13 Å². The molecule has 35 heavy (non-hydrogen) atoms. The summed E-state index contributed by atoms with van der Waals surface area (Å²) in [5.74, 6) is 0.490. The van der Waals surface area contributed by atoms with Crippen molar-refractivity contribution >= 4 is 42.6 Å². The minimum atomic E-state index is -3.76. The molecule has 10 heteroatoms. The number of sulfonamides is 1. The molecule has 2 saturated heterocycles. The monoisotopic (exact) mass is 514 g/mol. The first-order chi connectivity index (χ1) is 16.8. The van der Waals surface area contributed by atoms with E-state index in [0.29, 0.717) is 51.3 Å². The summed E-state index contributed by atoms with van der Waals surface area (Å²) in [4.78, 5) is 22.5. The van der Waals surface area contributed by atoms with Gasteiger partial charge in [-0.2, -0.15) is 4.31 Å². The number of amides is 1. The Hall–Kier alpha value is -2.69. The first-order valence-corrected chi connectivity index (χ1v) is 14.1. The van der Waals surface area contributed by atoms with Crippen molar-refractivity contribution < 1.29 is 17.9 Å². The number of rotatable bonds is 5. The van der Waals surface area contributed by atoms with Crippen LogP contribution >= 0.6 is 11.3 Å². The Bertz CT molecular complexity index is 1350. The van der Waals surface area contributed by atoms with Crippen molar-refractivity contribution in [2.75, 3.05) is 44.7 Å². The number of thiazole rings is 1. The van der Waals surface area contributed by atoms with Crippen LogP contribution in [0.15, 0.2) is 41.3 Å². The summed E-state index contributed by atoms with van der Waals surface area (Å²) in [5.41, 5.74) is 3.45. The van der Waals surface area contributed by atoms with Crippen molar-refractivity contribution in [2.24, 2.45) is 0 Å². The van der Waals surface area contributed by atoms with Crippen LogP contribution < -0.4 is 9.64 Å². The van der Waals surface area contributed by atoms with Gasteiger partial charge in [-0.1, -0.05) is 17.4 Å². The number of hydrogen-bond donors (Lipinski definition) is 0. The third-order valence-electron chi connectivity index (χ3n) is 6.83. The fraction of sp³-hybridized carbons (Fsp3) is 0.440. The molecule has 0 saturated carbocycles. The second-order valence-corrected chi connectivity index (χ2v) is 12.1. The number of hydrogen-bond acceptors (Lipinski definition) is 7. The van der Waals surface area contributed by atoms with Crippen LogP contribution in [0.1, 0.15) is 24.0 Å². The summed E-state index contributed by atoms with van der Waals surface area (Å²) >= 11 is 1.69. The minimum absolute atomic E-state index is 0.102. The second-order valence-electron chi connectivity index (χ2n) is 9.19. The zero-order valence-electron chi connectivity index (χ0n) is 20.2. The molecular formula is C25H30N4O4S2. The summed E-state index contributed by atoms with van der Waals surface area (Å²) in [5, 5.41) is 0.977. The maximum atomic E-state index is 13.4. The van der Waals surface area contributed by atoms with Gasteiger partial charge in [0.1, 0.15) is 11.8 Å². The Morgan fingerprint density at radius 3 is 2.46 bits per heavy atom. The molecule has 0 bridgehead atoms. The molecule has 3 aromatic rings. The van der Waals surface area contributed by atoms with Crippen LogP contribution in [0, 0.1) is 13.8 Å². The van der Waals surface area contributed by atoms with Crippen LogP contribution in [0.5, 0.6) is 5.75 Å².